The van der Waals surface area contributed by atoms with Gasteiger partial charge in [-0.1, -0.05) is 0 Å². The lowest BCUT2D eigenvalue weighted by atomic mass is 9.99. The zero-order valence-electron chi connectivity index (χ0n) is 19.3. The van der Waals surface area contributed by atoms with Crippen molar-refractivity contribution in [3.05, 3.63) is 46.6 Å². The zero-order chi connectivity index (χ0) is 27.7. The molecule has 14 heteroatoms. The largest absolute Gasteiger partial charge is 0.508 e. The molecule has 1 aromatic heterocycles. The van der Waals surface area contributed by atoms with Gasteiger partial charge in [-0.2, -0.15) is 0 Å². The molecule has 7 N–H and O–H groups in total. The number of ether oxygens (including phenoxy) is 3. The van der Waals surface area contributed by atoms with Gasteiger partial charge in [-0.3, -0.25) is 14.4 Å². The van der Waals surface area contributed by atoms with E-state index < -0.39 is 83.7 Å². The van der Waals surface area contributed by atoms with Gasteiger partial charge in [-0.05, 0) is 24.3 Å². The minimum atomic E-state index is -1.94. The summed E-state index contributed by atoms with van der Waals surface area (Å²) in [7, 11) is 0. The van der Waals surface area contributed by atoms with Crippen LogP contribution < -0.4 is 10.2 Å². The highest BCUT2D eigenvalue weighted by molar-refractivity contribution is 5.90. The number of aromatic hydroxyl groups is 3. The summed E-state index contributed by atoms with van der Waals surface area (Å²) in [6, 6.07) is 7.22. The van der Waals surface area contributed by atoms with Crippen LogP contribution in [0.1, 0.15) is 6.42 Å². The second kappa shape index (κ2) is 10.5. The van der Waals surface area contributed by atoms with E-state index in [1.54, 1.807) is 0 Å². The van der Waals surface area contributed by atoms with Crippen LogP contribution in [0.5, 0.6) is 23.0 Å². The van der Waals surface area contributed by atoms with E-state index >= 15 is 0 Å². The number of rotatable bonds is 7. The first-order valence-corrected chi connectivity index (χ1v) is 11.0. The van der Waals surface area contributed by atoms with Crippen LogP contribution in [0.4, 0.5) is 0 Å². The highest BCUT2D eigenvalue weighted by Gasteiger charge is 2.46. The Labute approximate surface area is 212 Å². The van der Waals surface area contributed by atoms with Gasteiger partial charge in [0.25, 0.3) is 0 Å². The number of hydrogen-bond donors (Lipinski definition) is 7. The molecule has 202 valence electrons. The fourth-order valence-electron chi connectivity index (χ4n) is 3.80. The second-order valence-electron chi connectivity index (χ2n) is 8.36. The van der Waals surface area contributed by atoms with Crippen LogP contribution in [0.15, 0.2) is 45.6 Å². The number of fused-ring (bicyclic) bond motifs is 1. The lowest BCUT2D eigenvalue weighted by molar-refractivity contribution is -0.278. The number of carboxylic acids is 1. The van der Waals surface area contributed by atoms with E-state index in [0.717, 1.165) is 12.1 Å². The summed E-state index contributed by atoms with van der Waals surface area (Å²) < 4.78 is 21.5. The van der Waals surface area contributed by atoms with E-state index in [-0.39, 0.29) is 22.7 Å². The summed E-state index contributed by atoms with van der Waals surface area (Å²) >= 11 is 0. The van der Waals surface area contributed by atoms with Gasteiger partial charge in [0.2, 0.25) is 17.5 Å². The van der Waals surface area contributed by atoms with Crippen molar-refractivity contribution >= 4 is 22.9 Å². The molecule has 2 heterocycles. The molecular weight excluding hydrogens is 512 g/mol. The molecule has 1 aliphatic heterocycles. The summed E-state index contributed by atoms with van der Waals surface area (Å²) in [5.74, 6) is -4.68. The number of benzene rings is 2. The first kappa shape index (κ1) is 26.7. The predicted octanol–water partition coefficient (Wildman–Crippen LogP) is -0.219. The van der Waals surface area contributed by atoms with Crippen LogP contribution in [0.2, 0.25) is 0 Å². The Kier molecular flexibility index (Phi) is 7.41. The highest BCUT2D eigenvalue weighted by atomic mass is 16.7. The van der Waals surface area contributed by atoms with Gasteiger partial charge in [0.15, 0.2) is 5.76 Å². The third kappa shape index (κ3) is 5.33. The number of carboxylic acid groups (broad SMARTS) is 1. The molecular formula is C24H22O14. The Morgan fingerprint density at radius 2 is 1.61 bits per heavy atom. The van der Waals surface area contributed by atoms with Crippen LogP contribution in [0.25, 0.3) is 22.3 Å². The maximum absolute atomic E-state index is 13.4. The van der Waals surface area contributed by atoms with Gasteiger partial charge in [0.05, 0.1) is 0 Å². The molecule has 0 bridgehead atoms. The third-order valence-electron chi connectivity index (χ3n) is 5.65. The number of aliphatic hydroxyl groups excluding tert-OH is 3. The molecule has 1 aliphatic rings. The minimum Gasteiger partial charge on any atom is -0.508 e. The number of esters is 1. The lowest BCUT2D eigenvalue weighted by Crippen LogP contribution is -2.60. The Hall–Kier alpha value is -4.37. The van der Waals surface area contributed by atoms with Crippen molar-refractivity contribution in [1.82, 2.24) is 0 Å². The number of aliphatic carboxylic acids is 1. The normalized spacial score (nSPS) is 23.2. The summed E-state index contributed by atoms with van der Waals surface area (Å²) in [6.07, 6.45) is -9.97. The zero-order valence-corrected chi connectivity index (χ0v) is 19.3. The van der Waals surface area contributed by atoms with Crippen molar-refractivity contribution in [2.24, 2.45) is 0 Å². The average Bonchev–Trinajstić information content (AvgIpc) is 2.84. The lowest BCUT2D eigenvalue weighted by Gasteiger charge is -2.39. The summed E-state index contributed by atoms with van der Waals surface area (Å²) in [5.41, 5.74) is -1.01. The van der Waals surface area contributed by atoms with Gasteiger partial charge < -0.3 is 54.4 Å². The van der Waals surface area contributed by atoms with Gasteiger partial charge >= 0.3 is 11.9 Å². The van der Waals surface area contributed by atoms with E-state index in [1.165, 1.54) is 24.3 Å². The number of carbonyl (C=O) groups is 2. The van der Waals surface area contributed by atoms with Crippen molar-refractivity contribution in [3.8, 4) is 34.3 Å². The molecule has 38 heavy (non-hydrogen) atoms. The van der Waals surface area contributed by atoms with Crippen molar-refractivity contribution in [2.45, 2.75) is 37.1 Å². The number of carbonyl (C=O) groups excluding carboxylic acids is 1. The van der Waals surface area contributed by atoms with E-state index in [9.17, 15) is 45.0 Å². The summed E-state index contributed by atoms with van der Waals surface area (Å²) in [4.78, 5) is 35.6. The molecule has 0 radical (unpaired) electrons. The van der Waals surface area contributed by atoms with Crippen LogP contribution in [0, 0.1) is 0 Å². The van der Waals surface area contributed by atoms with Crippen molar-refractivity contribution < 1.29 is 64.0 Å². The molecule has 14 nitrogen and oxygen atoms in total. The van der Waals surface area contributed by atoms with Crippen LogP contribution >= 0.6 is 0 Å². The monoisotopic (exact) mass is 534 g/mol. The van der Waals surface area contributed by atoms with E-state index in [0.29, 0.717) is 0 Å². The quantitative estimate of drug-likeness (QED) is 0.153. The fourth-order valence-corrected chi connectivity index (χ4v) is 3.80. The molecule has 1 fully saturated rings. The van der Waals surface area contributed by atoms with E-state index in [1.807, 2.05) is 0 Å². The minimum absolute atomic E-state index is 0.113. The highest BCUT2D eigenvalue weighted by Crippen LogP contribution is 2.37. The standard InChI is InChI=1S/C24H22O14/c25-10-3-1-9(2-4-10)22-23(19(32)17-12(27)5-11(26)6-13(17)36-22)38-24-21(34)20(33)18(31)14(37-24)8-35-16(30)7-15(28)29/h1-6,14,18,20-21,24-27,31,33-34H,7-8H2,(H,28,29)/t14-,18-,20+,21-,24+/m0/s1. The van der Waals surface area contributed by atoms with E-state index in [2.05, 4.69) is 0 Å². The number of aliphatic hydroxyl groups is 3. The Morgan fingerprint density at radius 1 is 0.921 bits per heavy atom. The molecule has 0 spiro atoms. The van der Waals surface area contributed by atoms with Crippen molar-refractivity contribution in [3.63, 3.8) is 0 Å². The molecule has 0 unspecified atom stereocenters. The number of hydrogen-bond acceptors (Lipinski definition) is 13. The average molecular weight is 534 g/mol. The molecule has 3 aromatic rings. The SMILES string of the molecule is O=C(O)CC(=O)OC[C@@H]1O[C@H](Oc2c(-c3ccc(O)cc3)oc3cc(O)cc(O)c3c2=O)[C@@H](O)[C@H](O)[C@H]1O. The fraction of sp³-hybridized carbons (Fsp3) is 0.292. The van der Waals surface area contributed by atoms with Crippen molar-refractivity contribution in [2.75, 3.05) is 6.61 Å². The van der Waals surface area contributed by atoms with Crippen LogP contribution in [0.3, 0.4) is 0 Å². The Balaban J connectivity index is 1.73. The predicted molar refractivity (Wildman–Crippen MR) is 123 cm³/mol. The van der Waals surface area contributed by atoms with E-state index in [4.69, 9.17) is 23.7 Å². The van der Waals surface area contributed by atoms with Crippen LogP contribution in [-0.2, 0) is 19.1 Å². The van der Waals surface area contributed by atoms with Gasteiger partial charge in [0, 0.05) is 17.7 Å². The molecule has 1 saturated heterocycles. The molecule has 0 amide bonds. The Morgan fingerprint density at radius 3 is 2.26 bits per heavy atom. The molecule has 5 atom stereocenters. The summed E-state index contributed by atoms with van der Waals surface area (Å²) in [5, 5.41) is 69.0. The maximum Gasteiger partial charge on any atom is 0.317 e. The first-order valence-electron chi connectivity index (χ1n) is 11.0. The van der Waals surface area contributed by atoms with Gasteiger partial charge in [0.1, 0.15) is 65.7 Å². The first-order chi connectivity index (χ1) is 18.0. The topological polar surface area (TPSA) is 234 Å². The molecule has 2 aromatic carbocycles. The van der Waals surface area contributed by atoms with Gasteiger partial charge in [-0.15, -0.1) is 0 Å². The maximum atomic E-state index is 13.4. The van der Waals surface area contributed by atoms with Gasteiger partial charge in [-0.25, -0.2) is 0 Å². The molecule has 0 saturated carbocycles. The third-order valence-corrected chi connectivity index (χ3v) is 5.65. The Bertz CT molecular complexity index is 1410. The van der Waals surface area contributed by atoms with Crippen molar-refractivity contribution in [1.29, 1.82) is 0 Å². The molecule has 0 aliphatic carbocycles. The number of phenols is 3. The smallest absolute Gasteiger partial charge is 0.317 e. The summed E-state index contributed by atoms with van der Waals surface area (Å²) in [6.45, 7) is -0.728. The van der Waals surface area contributed by atoms with Crippen LogP contribution in [-0.4, -0.2) is 85.0 Å². The molecule has 4 rings (SSSR count). The second-order valence-corrected chi connectivity index (χ2v) is 8.36. The number of phenolic OH excluding ortho intramolecular Hbond substituents is 3.